The van der Waals surface area contributed by atoms with Gasteiger partial charge < -0.3 is 10.1 Å². The topological polar surface area (TPSA) is 47.0 Å². The minimum Gasteiger partial charge on any atom is -0.480 e. The number of nitrogens with one attached hydrogen (secondary N) is 1. The molecule has 1 unspecified atom stereocenters. The van der Waals surface area contributed by atoms with Crippen molar-refractivity contribution in [3.05, 3.63) is 29.5 Å². The number of hydrogen-bond acceptors (Lipinski definition) is 4. The summed E-state index contributed by atoms with van der Waals surface area (Å²) in [6, 6.07) is 3.83. The highest BCUT2D eigenvalue weighted by Gasteiger charge is 2.07. The highest BCUT2D eigenvalue weighted by molar-refractivity contribution is 5.19. The number of likely N-dealkylation sites (N-methyl/N-ethyl adjacent to an activating group) is 1. The van der Waals surface area contributed by atoms with Crippen LogP contribution < -0.4 is 10.1 Å². The lowest BCUT2D eigenvalue weighted by atomic mass is 10.1. The zero-order valence-electron chi connectivity index (χ0n) is 9.61. The number of allylic oxidation sites excluding steroid dienone is 1. The fraction of sp³-hybridized carbons (Fsp3) is 0.455. The molecule has 0 saturated carbocycles. The van der Waals surface area contributed by atoms with E-state index in [-0.39, 0.29) is 6.04 Å². The second-order valence-corrected chi connectivity index (χ2v) is 3.51. The molecule has 0 aliphatic heterocycles. The van der Waals surface area contributed by atoms with E-state index in [2.05, 4.69) is 35.4 Å². The Balaban J connectivity index is 2.88. The lowest BCUT2D eigenvalue weighted by Crippen LogP contribution is -2.16. The predicted molar refractivity (Wildman–Crippen MR) is 59.8 cm³/mol. The van der Waals surface area contributed by atoms with E-state index in [9.17, 15) is 0 Å². The van der Waals surface area contributed by atoms with Gasteiger partial charge in [0.05, 0.1) is 18.8 Å². The normalized spacial score (nSPS) is 12.0. The Labute approximate surface area is 90.4 Å². The van der Waals surface area contributed by atoms with Crippen molar-refractivity contribution < 1.29 is 4.74 Å². The van der Waals surface area contributed by atoms with Crippen LogP contribution in [0.25, 0.3) is 0 Å². The van der Waals surface area contributed by atoms with Crippen LogP contribution in [0.2, 0.25) is 0 Å². The summed E-state index contributed by atoms with van der Waals surface area (Å²) >= 11 is 0. The SMILES string of the molecule is CNC(C=C(C)C)c1ccc(OC)nn1. The number of nitrogens with zero attached hydrogens (tertiary/aromatic N) is 2. The summed E-state index contributed by atoms with van der Waals surface area (Å²) in [5.74, 6) is 0.533. The van der Waals surface area contributed by atoms with E-state index in [1.807, 2.05) is 19.2 Å². The van der Waals surface area contributed by atoms with E-state index < -0.39 is 0 Å². The van der Waals surface area contributed by atoms with Crippen LogP contribution in [-0.4, -0.2) is 24.4 Å². The molecule has 0 amide bonds. The summed E-state index contributed by atoms with van der Waals surface area (Å²) < 4.78 is 4.95. The molecule has 4 heteroatoms. The Bertz CT molecular complexity index is 328. The highest BCUT2D eigenvalue weighted by atomic mass is 16.5. The van der Waals surface area contributed by atoms with Crippen molar-refractivity contribution in [3.8, 4) is 5.88 Å². The number of ether oxygens (including phenoxy) is 1. The summed E-state index contributed by atoms with van der Waals surface area (Å²) in [4.78, 5) is 0. The van der Waals surface area contributed by atoms with Gasteiger partial charge in [-0.3, -0.25) is 0 Å². The van der Waals surface area contributed by atoms with Gasteiger partial charge in [-0.25, -0.2) is 0 Å². The van der Waals surface area contributed by atoms with E-state index >= 15 is 0 Å². The van der Waals surface area contributed by atoms with Crippen LogP contribution in [0.4, 0.5) is 0 Å². The zero-order valence-corrected chi connectivity index (χ0v) is 9.61. The number of methoxy groups -OCH3 is 1. The Morgan fingerprint density at radius 3 is 2.53 bits per heavy atom. The molecule has 1 N–H and O–H groups in total. The second-order valence-electron chi connectivity index (χ2n) is 3.51. The monoisotopic (exact) mass is 207 g/mol. The molecule has 0 fully saturated rings. The van der Waals surface area contributed by atoms with Crippen LogP contribution in [0.15, 0.2) is 23.8 Å². The van der Waals surface area contributed by atoms with Crippen LogP contribution in [0.3, 0.4) is 0 Å². The van der Waals surface area contributed by atoms with Gasteiger partial charge in [-0.05, 0) is 27.0 Å². The van der Waals surface area contributed by atoms with Crippen molar-refractivity contribution >= 4 is 0 Å². The molecular weight excluding hydrogens is 190 g/mol. The fourth-order valence-corrected chi connectivity index (χ4v) is 1.26. The van der Waals surface area contributed by atoms with Gasteiger partial charge in [0.15, 0.2) is 0 Å². The third-order valence-corrected chi connectivity index (χ3v) is 2.00. The molecule has 1 aromatic rings. The van der Waals surface area contributed by atoms with Gasteiger partial charge in [0.2, 0.25) is 5.88 Å². The largest absolute Gasteiger partial charge is 0.480 e. The van der Waals surface area contributed by atoms with Crippen molar-refractivity contribution in [2.24, 2.45) is 0 Å². The van der Waals surface area contributed by atoms with Gasteiger partial charge in [0.1, 0.15) is 0 Å². The van der Waals surface area contributed by atoms with E-state index in [4.69, 9.17) is 4.74 Å². The molecule has 82 valence electrons. The van der Waals surface area contributed by atoms with Crippen LogP contribution in [-0.2, 0) is 0 Å². The number of hydrogen-bond donors (Lipinski definition) is 1. The van der Waals surface area contributed by atoms with Gasteiger partial charge in [-0.2, -0.15) is 0 Å². The molecular formula is C11H17N3O. The summed E-state index contributed by atoms with van der Waals surface area (Å²) in [6.45, 7) is 4.11. The predicted octanol–water partition coefficient (Wildman–Crippen LogP) is 1.71. The summed E-state index contributed by atoms with van der Waals surface area (Å²) in [5, 5.41) is 11.2. The van der Waals surface area contributed by atoms with Crippen LogP contribution >= 0.6 is 0 Å². The zero-order chi connectivity index (χ0) is 11.3. The van der Waals surface area contributed by atoms with Crippen LogP contribution in [0, 0.1) is 0 Å². The molecule has 0 radical (unpaired) electrons. The Kier molecular flexibility index (Phi) is 4.24. The Morgan fingerprint density at radius 1 is 1.40 bits per heavy atom. The van der Waals surface area contributed by atoms with Crippen molar-refractivity contribution in [1.29, 1.82) is 0 Å². The lowest BCUT2D eigenvalue weighted by molar-refractivity contribution is 0.390. The standard InChI is InChI=1S/C11H17N3O/c1-8(2)7-10(12-3)9-5-6-11(15-4)14-13-9/h5-7,10,12H,1-4H3. The summed E-state index contributed by atoms with van der Waals surface area (Å²) in [6.07, 6.45) is 2.11. The Hall–Kier alpha value is -1.42. The van der Waals surface area contributed by atoms with Crippen molar-refractivity contribution in [3.63, 3.8) is 0 Å². The average molecular weight is 207 g/mol. The molecule has 0 aromatic carbocycles. The van der Waals surface area contributed by atoms with E-state index in [0.29, 0.717) is 5.88 Å². The molecule has 0 aliphatic carbocycles. The van der Waals surface area contributed by atoms with Crippen LogP contribution in [0.1, 0.15) is 25.6 Å². The second kappa shape index (κ2) is 5.46. The minimum atomic E-state index is 0.105. The third kappa shape index (κ3) is 3.32. The summed E-state index contributed by atoms with van der Waals surface area (Å²) in [5.41, 5.74) is 2.13. The molecule has 1 atom stereocenters. The number of aromatic nitrogens is 2. The molecule has 1 rings (SSSR count). The molecule has 4 nitrogen and oxygen atoms in total. The molecule has 0 saturated heterocycles. The van der Waals surface area contributed by atoms with Gasteiger partial charge in [0, 0.05) is 6.07 Å². The minimum absolute atomic E-state index is 0.105. The van der Waals surface area contributed by atoms with Gasteiger partial charge in [-0.1, -0.05) is 11.6 Å². The molecule has 15 heavy (non-hydrogen) atoms. The van der Waals surface area contributed by atoms with E-state index in [1.54, 1.807) is 7.11 Å². The maximum Gasteiger partial charge on any atom is 0.233 e. The fourth-order valence-electron chi connectivity index (χ4n) is 1.26. The van der Waals surface area contributed by atoms with Crippen molar-refractivity contribution in [2.45, 2.75) is 19.9 Å². The molecule has 0 spiro atoms. The smallest absolute Gasteiger partial charge is 0.233 e. The lowest BCUT2D eigenvalue weighted by Gasteiger charge is -2.11. The van der Waals surface area contributed by atoms with Gasteiger partial charge in [0.25, 0.3) is 0 Å². The molecule has 1 heterocycles. The first-order chi connectivity index (χ1) is 7.17. The van der Waals surface area contributed by atoms with E-state index in [0.717, 1.165) is 5.69 Å². The van der Waals surface area contributed by atoms with Crippen LogP contribution in [0.5, 0.6) is 5.88 Å². The highest BCUT2D eigenvalue weighted by Crippen LogP contribution is 2.14. The van der Waals surface area contributed by atoms with Gasteiger partial charge in [-0.15, -0.1) is 10.2 Å². The molecule has 1 aromatic heterocycles. The Morgan fingerprint density at radius 2 is 2.13 bits per heavy atom. The first-order valence-electron chi connectivity index (χ1n) is 4.87. The first-order valence-corrected chi connectivity index (χ1v) is 4.87. The number of rotatable bonds is 4. The quantitative estimate of drug-likeness (QED) is 0.763. The first kappa shape index (κ1) is 11.7. The van der Waals surface area contributed by atoms with Crippen molar-refractivity contribution in [1.82, 2.24) is 15.5 Å². The third-order valence-electron chi connectivity index (χ3n) is 2.00. The van der Waals surface area contributed by atoms with Crippen molar-refractivity contribution in [2.75, 3.05) is 14.2 Å². The molecule has 0 aliphatic rings. The van der Waals surface area contributed by atoms with Gasteiger partial charge >= 0.3 is 0 Å². The average Bonchev–Trinajstić information content (AvgIpc) is 2.26. The maximum absolute atomic E-state index is 4.95. The summed E-state index contributed by atoms with van der Waals surface area (Å²) in [7, 11) is 3.48. The maximum atomic E-state index is 4.95. The molecule has 0 bridgehead atoms. The van der Waals surface area contributed by atoms with E-state index in [1.165, 1.54) is 5.57 Å².